The van der Waals surface area contributed by atoms with Crippen LogP contribution in [0.3, 0.4) is 0 Å². The Balaban J connectivity index is 1.55. The molecular formula is C24H26FN3O6S2. The molecule has 0 spiro atoms. The van der Waals surface area contributed by atoms with Crippen LogP contribution in [0, 0.1) is 5.82 Å². The number of carbonyl (C=O) groups excluding carboxylic acids is 2. The van der Waals surface area contributed by atoms with Gasteiger partial charge in [-0.25, -0.2) is 14.2 Å². The molecule has 36 heavy (non-hydrogen) atoms. The van der Waals surface area contributed by atoms with Crippen molar-refractivity contribution in [2.24, 2.45) is 4.99 Å². The van der Waals surface area contributed by atoms with Gasteiger partial charge in [-0.15, -0.1) is 0 Å². The number of fused-ring (bicyclic) bond motifs is 1. The molecule has 0 aliphatic carbocycles. The standard InChI is InChI=1S/C24H26FN3O6S2/c1-24(2,3)33-22(26-15-29)7-5-4-6-21(30)28-23-27-19-13-10-17(14-20(19)35-23)34-36(31,32)18-11-8-16(25)9-12-18/h8-14,22H,4-7H2,1-3H3,(H,27,28,30). The number of aliphatic imine (C=N–C) groups is 1. The molecule has 0 radical (unpaired) electrons. The van der Waals surface area contributed by atoms with Gasteiger partial charge in [0.1, 0.15) is 16.5 Å². The number of halogens is 1. The van der Waals surface area contributed by atoms with E-state index in [2.05, 4.69) is 15.3 Å². The molecule has 1 N–H and O–H groups in total. The highest BCUT2D eigenvalue weighted by atomic mass is 32.2. The van der Waals surface area contributed by atoms with E-state index >= 15 is 0 Å². The zero-order valence-electron chi connectivity index (χ0n) is 20.0. The number of hydrogen-bond acceptors (Lipinski definition) is 9. The molecule has 0 aliphatic rings. The number of nitrogens with zero attached hydrogens (tertiary/aromatic N) is 2. The summed E-state index contributed by atoms with van der Waals surface area (Å²) in [4.78, 5) is 30.8. The van der Waals surface area contributed by atoms with Crippen LogP contribution >= 0.6 is 11.3 Å². The van der Waals surface area contributed by atoms with Crippen molar-refractivity contribution in [2.45, 2.75) is 63.2 Å². The fraction of sp³-hybridized carbons (Fsp3) is 0.375. The van der Waals surface area contributed by atoms with Gasteiger partial charge in [0.05, 0.1) is 15.8 Å². The molecule has 192 valence electrons. The number of thiazole rings is 1. The summed E-state index contributed by atoms with van der Waals surface area (Å²) >= 11 is 1.18. The number of isocyanates is 1. The molecule has 9 nitrogen and oxygen atoms in total. The second-order valence-corrected chi connectivity index (χ2v) is 11.4. The average molecular weight is 536 g/mol. The van der Waals surface area contributed by atoms with Gasteiger partial charge in [-0.1, -0.05) is 11.3 Å². The van der Waals surface area contributed by atoms with E-state index in [1.165, 1.54) is 29.5 Å². The molecule has 1 heterocycles. The zero-order valence-corrected chi connectivity index (χ0v) is 21.6. The van der Waals surface area contributed by atoms with Gasteiger partial charge in [-0.2, -0.15) is 13.4 Å². The van der Waals surface area contributed by atoms with Crippen molar-refractivity contribution in [3.63, 3.8) is 0 Å². The van der Waals surface area contributed by atoms with Crippen LogP contribution in [0.1, 0.15) is 46.5 Å². The summed E-state index contributed by atoms with van der Waals surface area (Å²) in [6.07, 6.45) is 2.85. The highest BCUT2D eigenvalue weighted by Crippen LogP contribution is 2.30. The van der Waals surface area contributed by atoms with E-state index in [-0.39, 0.29) is 23.0 Å². The van der Waals surface area contributed by atoms with Gasteiger partial charge >= 0.3 is 10.1 Å². The highest BCUT2D eigenvalue weighted by molar-refractivity contribution is 7.87. The van der Waals surface area contributed by atoms with Crippen molar-refractivity contribution in [1.29, 1.82) is 0 Å². The second-order valence-electron chi connectivity index (χ2n) is 8.84. The number of rotatable bonds is 11. The van der Waals surface area contributed by atoms with Crippen LogP contribution in [-0.4, -0.2) is 37.2 Å². The number of amides is 1. The average Bonchev–Trinajstić information content (AvgIpc) is 3.17. The predicted molar refractivity (Wildman–Crippen MR) is 134 cm³/mol. The minimum absolute atomic E-state index is 0.0679. The molecule has 3 aromatic rings. The van der Waals surface area contributed by atoms with Gasteiger partial charge in [-0.3, -0.25) is 4.79 Å². The Hall–Kier alpha value is -3.18. The van der Waals surface area contributed by atoms with E-state index in [9.17, 15) is 22.4 Å². The smallest absolute Gasteiger partial charge is 0.339 e. The van der Waals surface area contributed by atoms with Crippen LogP contribution in [0.2, 0.25) is 0 Å². The summed E-state index contributed by atoms with van der Waals surface area (Å²) in [5.74, 6) is -0.713. The number of benzene rings is 2. The molecule has 0 aliphatic heterocycles. The number of carbonyl (C=O) groups is 1. The Morgan fingerprint density at radius 3 is 2.58 bits per heavy atom. The number of ether oxygens (including phenoxy) is 1. The summed E-state index contributed by atoms with van der Waals surface area (Å²) in [7, 11) is -4.13. The van der Waals surface area contributed by atoms with Gasteiger partial charge in [0.15, 0.2) is 11.4 Å². The first kappa shape index (κ1) is 27.4. The summed E-state index contributed by atoms with van der Waals surface area (Å²) < 4.78 is 49.4. The summed E-state index contributed by atoms with van der Waals surface area (Å²) in [6.45, 7) is 5.60. The number of anilines is 1. The zero-order chi connectivity index (χ0) is 26.3. The molecule has 0 bridgehead atoms. The van der Waals surface area contributed by atoms with Crippen LogP contribution in [0.4, 0.5) is 9.52 Å². The van der Waals surface area contributed by atoms with Crippen LogP contribution in [-0.2, 0) is 24.4 Å². The summed E-state index contributed by atoms with van der Waals surface area (Å²) in [6, 6.07) is 8.86. The van der Waals surface area contributed by atoms with Crippen LogP contribution in [0.25, 0.3) is 10.2 Å². The number of nitrogens with one attached hydrogen (secondary N) is 1. The summed E-state index contributed by atoms with van der Waals surface area (Å²) in [5.41, 5.74) is 0.112. The topological polar surface area (TPSA) is 124 Å². The first-order chi connectivity index (χ1) is 16.9. The normalized spacial score (nSPS) is 12.7. The predicted octanol–water partition coefficient (Wildman–Crippen LogP) is 5.18. The Bertz CT molecular complexity index is 1360. The maximum absolute atomic E-state index is 13.1. The maximum atomic E-state index is 13.1. The maximum Gasteiger partial charge on any atom is 0.339 e. The van der Waals surface area contributed by atoms with Crippen molar-refractivity contribution >= 4 is 48.8 Å². The van der Waals surface area contributed by atoms with E-state index in [0.29, 0.717) is 34.6 Å². The third-order valence-corrected chi connectivity index (χ3v) is 6.90. The Labute approximate surface area is 212 Å². The largest absolute Gasteiger partial charge is 0.379 e. The van der Waals surface area contributed by atoms with Crippen LogP contribution < -0.4 is 9.50 Å². The van der Waals surface area contributed by atoms with Crippen molar-refractivity contribution in [2.75, 3.05) is 5.32 Å². The molecule has 0 saturated carbocycles. The molecular weight excluding hydrogens is 509 g/mol. The molecule has 1 atom stereocenters. The number of hydrogen-bond donors (Lipinski definition) is 1. The van der Waals surface area contributed by atoms with Gasteiger partial charge < -0.3 is 14.2 Å². The molecule has 1 unspecified atom stereocenters. The lowest BCUT2D eigenvalue weighted by Crippen LogP contribution is -2.26. The lowest BCUT2D eigenvalue weighted by molar-refractivity contribution is -0.116. The quantitative estimate of drug-likeness (QED) is 0.155. The molecule has 1 amide bonds. The Morgan fingerprint density at radius 2 is 1.92 bits per heavy atom. The van der Waals surface area contributed by atoms with Crippen LogP contribution in [0.5, 0.6) is 5.75 Å². The molecule has 0 fully saturated rings. The molecule has 12 heteroatoms. The minimum atomic E-state index is -4.13. The Kier molecular flexibility index (Phi) is 8.91. The first-order valence-corrected chi connectivity index (χ1v) is 13.3. The van der Waals surface area contributed by atoms with Gasteiger partial charge in [0, 0.05) is 12.5 Å². The number of unbranched alkanes of at least 4 members (excludes halogenated alkanes) is 1. The third kappa shape index (κ3) is 8.20. The van der Waals surface area contributed by atoms with E-state index < -0.39 is 27.8 Å². The highest BCUT2D eigenvalue weighted by Gasteiger charge is 2.19. The monoisotopic (exact) mass is 535 g/mol. The molecule has 0 saturated heterocycles. The van der Waals surface area contributed by atoms with E-state index in [1.54, 1.807) is 6.07 Å². The molecule has 1 aromatic heterocycles. The molecule has 2 aromatic carbocycles. The first-order valence-electron chi connectivity index (χ1n) is 11.1. The lowest BCUT2D eigenvalue weighted by atomic mass is 10.1. The third-order valence-electron chi connectivity index (χ3n) is 4.71. The van der Waals surface area contributed by atoms with Crippen molar-refractivity contribution in [3.8, 4) is 5.75 Å². The number of aromatic nitrogens is 1. The van der Waals surface area contributed by atoms with Crippen molar-refractivity contribution in [3.05, 3.63) is 48.3 Å². The van der Waals surface area contributed by atoms with Crippen LogP contribution in [0.15, 0.2) is 52.4 Å². The SMILES string of the molecule is CC(C)(C)OC(CCCCC(=O)Nc1nc2ccc(OS(=O)(=O)c3ccc(F)cc3)cc2s1)N=C=O. The molecule has 3 rings (SSSR count). The van der Waals surface area contributed by atoms with Crippen molar-refractivity contribution < 1.29 is 31.3 Å². The van der Waals surface area contributed by atoms with E-state index in [0.717, 1.165) is 24.3 Å². The van der Waals surface area contributed by atoms with Crippen molar-refractivity contribution in [1.82, 2.24) is 4.98 Å². The van der Waals surface area contributed by atoms with E-state index in [4.69, 9.17) is 8.92 Å². The summed E-state index contributed by atoms with van der Waals surface area (Å²) in [5, 5.41) is 3.11. The van der Waals surface area contributed by atoms with E-state index in [1.807, 2.05) is 20.8 Å². The van der Waals surface area contributed by atoms with Gasteiger partial charge in [0.2, 0.25) is 12.0 Å². The lowest BCUT2D eigenvalue weighted by Gasteiger charge is -2.24. The second kappa shape index (κ2) is 11.7. The van der Waals surface area contributed by atoms with Gasteiger partial charge in [0.25, 0.3) is 0 Å². The fourth-order valence-corrected chi connectivity index (χ4v) is 5.02. The van der Waals surface area contributed by atoms with Gasteiger partial charge in [-0.05, 0) is 76.4 Å². The minimum Gasteiger partial charge on any atom is -0.379 e. The Morgan fingerprint density at radius 1 is 1.19 bits per heavy atom. The fourth-order valence-electron chi connectivity index (χ4n) is 3.19.